The predicted molar refractivity (Wildman–Crippen MR) is 135 cm³/mol. The van der Waals surface area contributed by atoms with Gasteiger partial charge in [0.05, 0.1) is 19.2 Å². The number of rotatable bonds is 6. The molecule has 2 saturated heterocycles. The molecule has 2 fully saturated rings. The number of hydrogen-bond donors (Lipinski definition) is 0. The van der Waals surface area contributed by atoms with Crippen LogP contribution >= 0.6 is 11.6 Å². The number of hydrogen-bond acceptors (Lipinski definition) is 5. The van der Waals surface area contributed by atoms with Gasteiger partial charge < -0.3 is 14.5 Å². The third kappa shape index (κ3) is 5.71. The lowest BCUT2D eigenvalue weighted by molar-refractivity contribution is -0.131. The van der Waals surface area contributed by atoms with E-state index in [9.17, 15) is 9.59 Å². The smallest absolute Gasteiger partial charge is 0.258 e. The summed E-state index contributed by atoms with van der Waals surface area (Å²) in [6.07, 6.45) is 2.33. The number of nitrogens with zero attached hydrogens (tertiary/aromatic N) is 4. The van der Waals surface area contributed by atoms with Gasteiger partial charge in [0.1, 0.15) is 12.3 Å². The Hall–Kier alpha value is -2.61. The first-order valence-electron chi connectivity index (χ1n) is 12.3. The quantitative estimate of drug-likeness (QED) is 0.628. The van der Waals surface area contributed by atoms with Crippen molar-refractivity contribution in [1.82, 2.24) is 14.7 Å². The Kier molecular flexibility index (Phi) is 7.63. The van der Waals surface area contributed by atoms with Crippen LogP contribution < -0.4 is 9.64 Å². The van der Waals surface area contributed by atoms with Crippen molar-refractivity contribution in [2.45, 2.75) is 18.9 Å². The molecule has 2 aliphatic heterocycles. The molecule has 2 amide bonds. The molecule has 7 nitrogen and oxygen atoms in total. The largest absolute Gasteiger partial charge is 0.497 e. The molecule has 0 N–H and O–H groups in total. The van der Waals surface area contributed by atoms with Crippen LogP contribution in [0.1, 0.15) is 24.6 Å². The number of carbonyl (C=O) groups is 2. The second kappa shape index (κ2) is 11.2. The number of amides is 2. The average molecular weight is 486 g/mol. The van der Waals surface area contributed by atoms with Gasteiger partial charge in [-0.25, -0.2) is 0 Å². The van der Waals surface area contributed by atoms with Crippen LogP contribution in [0.3, 0.4) is 0 Å². The molecule has 0 unspecified atom stereocenters. The molecule has 2 aromatic rings. The van der Waals surface area contributed by atoms with Crippen LogP contribution in [0.25, 0.3) is 0 Å². The van der Waals surface area contributed by atoms with Crippen molar-refractivity contribution in [2.75, 3.05) is 64.9 Å². The van der Waals surface area contributed by atoms with Gasteiger partial charge in [0.15, 0.2) is 0 Å². The number of likely N-dealkylation sites (tertiary alicyclic amines) is 1. The maximum absolute atomic E-state index is 13.5. The minimum absolute atomic E-state index is 0.0330. The van der Waals surface area contributed by atoms with Crippen LogP contribution in [-0.4, -0.2) is 92.5 Å². The third-order valence-electron chi connectivity index (χ3n) is 6.80. The second-order valence-corrected chi connectivity index (χ2v) is 9.34. The van der Waals surface area contributed by atoms with Gasteiger partial charge in [-0.1, -0.05) is 23.7 Å². The molecule has 2 aromatic carbocycles. The summed E-state index contributed by atoms with van der Waals surface area (Å²) in [5.41, 5.74) is 0.637. The number of piperidine rings is 1. The van der Waals surface area contributed by atoms with Gasteiger partial charge in [-0.2, -0.15) is 0 Å². The number of methoxy groups -OCH3 is 1. The van der Waals surface area contributed by atoms with Crippen LogP contribution in [0.15, 0.2) is 48.5 Å². The predicted octanol–water partition coefficient (Wildman–Crippen LogP) is 3.23. The summed E-state index contributed by atoms with van der Waals surface area (Å²) in [7, 11) is 3.67. The van der Waals surface area contributed by atoms with E-state index in [2.05, 4.69) is 16.8 Å². The molecule has 0 saturated carbocycles. The molecule has 34 heavy (non-hydrogen) atoms. The van der Waals surface area contributed by atoms with E-state index in [0.29, 0.717) is 35.6 Å². The van der Waals surface area contributed by atoms with Crippen LogP contribution in [-0.2, 0) is 4.79 Å². The zero-order valence-electron chi connectivity index (χ0n) is 20.9. The lowest BCUT2D eigenvalue weighted by atomic mass is 10.0. The van der Waals surface area contributed by atoms with Crippen molar-refractivity contribution in [2.24, 2.45) is 0 Å². The Bertz CT molecular complexity index is 1050. The third-order valence-corrected chi connectivity index (χ3v) is 7.12. The van der Waals surface area contributed by atoms with E-state index in [4.69, 9.17) is 17.7 Å². The number of piperazine rings is 1. The zero-order chi connectivity index (χ0) is 24.9. The summed E-state index contributed by atoms with van der Waals surface area (Å²) in [4.78, 5) is 35.0. The summed E-state index contributed by atoms with van der Waals surface area (Å²) in [5, 5.41) is 0.376. The Morgan fingerprint density at radius 3 is 2.41 bits per heavy atom. The minimum Gasteiger partial charge on any atom is -0.497 e. The van der Waals surface area contributed by atoms with Crippen molar-refractivity contribution in [3.8, 4) is 5.75 Å². The second-order valence-electron chi connectivity index (χ2n) is 8.94. The number of para-hydroxylation sites is 1. The van der Waals surface area contributed by atoms with Gasteiger partial charge in [0.25, 0.3) is 5.91 Å². The maximum atomic E-state index is 13.5. The highest BCUT2D eigenvalue weighted by atomic mass is 35.5. The number of anilines is 1. The molecule has 0 atom stereocenters. The molecule has 2 heterocycles. The number of benzene rings is 2. The Labute approximate surface area is 208 Å². The topological polar surface area (TPSA) is 56.3 Å². The van der Waals surface area contributed by atoms with Crippen molar-refractivity contribution in [3.63, 3.8) is 0 Å². The molecule has 8 heteroatoms. The summed E-state index contributed by atoms with van der Waals surface area (Å²) in [5.74, 6) is -0.0696. The molecule has 0 aromatic heterocycles. The minimum atomic E-state index is -0.441. The first-order chi connectivity index (χ1) is 16.9. The summed E-state index contributed by atoms with van der Waals surface area (Å²) in [6, 6.07) is 12.3. The Morgan fingerprint density at radius 2 is 1.76 bits per heavy atom. The van der Waals surface area contributed by atoms with E-state index in [1.165, 1.54) is 18.1 Å². The summed E-state index contributed by atoms with van der Waals surface area (Å²) in [6.45, 7) is 5.06. The monoisotopic (exact) mass is 485 g/mol. The number of ether oxygens (including phenoxy) is 1. The average Bonchev–Trinajstić information content (AvgIpc) is 2.88. The van der Waals surface area contributed by atoms with E-state index in [0.717, 1.165) is 39.0 Å². The molecule has 0 bridgehead atoms. The SMILES string of the molecule is [2H]c1cc(OC)ccc1C(=O)N(CC(=O)N1CCN(C2CCN(C)CC2)CC1)c1ccccc1Cl. The zero-order valence-corrected chi connectivity index (χ0v) is 20.6. The fraction of sp³-hybridized carbons (Fsp3) is 0.462. The van der Waals surface area contributed by atoms with E-state index in [1.807, 2.05) is 4.90 Å². The fourth-order valence-electron chi connectivity index (χ4n) is 4.68. The lowest BCUT2D eigenvalue weighted by Gasteiger charge is -2.42. The highest BCUT2D eigenvalue weighted by molar-refractivity contribution is 6.34. The summed E-state index contributed by atoms with van der Waals surface area (Å²) >= 11 is 6.43. The van der Waals surface area contributed by atoms with Crippen LogP contribution in [0.4, 0.5) is 5.69 Å². The molecule has 0 spiro atoms. The van der Waals surface area contributed by atoms with E-state index in [-0.39, 0.29) is 24.1 Å². The van der Waals surface area contributed by atoms with Crippen LogP contribution in [0.5, 0.6) is 5.75 Å². The van der Waals surface area contributed by atoms with E-state index >= 15 is 0 Å². The van der Waals surface area contributed by atoms with Crippen molar-refractivity contribution < 1.29 is 15.7 Å². The van der Waals surface area contributed by atoms with Gasteiger partial charge in [-0.05, 0) is 69.4 Å². The maximum Gasteiger partial charge on any atom is 0.258 e. The highest BCUT2D eigenvalue weighted by Crippen LogP contribution is 2.27. The van der Waals surface area contributed by atoms with Gasteiger partial charge in [0.2, 0.25) is 5.91 Å². The van der Waals surface area contributed by atoms with Crippen molar-refractivity contribution in [3.05, 3.63) is 59.1 Å². The van der Waals surface area contributed by atoms with E-state index < -0.39 is 5.91 Å². The van der Waals surface area contributed by atoms with Gasteiger partial charge in [0, 0.05) is 37.8 Å². The van der Waals surface area contributed by atoms with Crippen molar-refractivity contribution >= 4 is 29.1 Å². The first kappa shape index (κ1) is 23.1. The highest BCUT2D eigenvalue weighted by Gasteiger charge is 2.30. The number of carbonyl (C=O) groups excluding carboxylic acids is 2. The molecule has 2 aliphatic rings. The van der Waals surface area contributed by atoms with Crippen LogP contribution in [0.2, 0.25) is 5.02 Å². The molecule has 0 radical (unpaired) electrons. The van der Waals surface area contributed by atoms with Gasteiger partial charge in [-0.3, -0.25) is 19.4 Å². The van der Waals surface area contributed by atoms with Gasteiger partial charge >= 0.3 is 0 Å². The standard InChI is InChI=1S/C26H33ClN4O3/c1-28-13-11-21(12-14-28)29-15-17-30(18-16-29)25(32)19-31(24-6-4-3-5-23(24)27)26(33)20-7-9-22(34-2)10-8-20/h3-10,21H,11-19H2,1-2H3/i7D. The van der Waals surface area contributed by atoms with E-state index in [1.54, 1.807) is 36.4 Å². The molecular weight excluding hydrogens is 452 g/mol. The molecule has 0 aliphatic carbocycles. The Morgan fingerprint density at radius 1 is 1.06 bits per heavy atom. The number of halogens is 1. The van der Waals surface area contributed by atoms with Gasteiger partial charge in [-0.15, -0.1) is 0 Å². The Balaban J connectivity index is 1.47. The lowest BCUT2D eigenvalue weighted by Crippen LogP contribution is -2.55. The summed E-state index contributed by atoms with van der Waals surface area (Å²) < 4.78 is 13.5. The molecular formula is C26H33ClN4O3. The molecule has 4 rings (SSSR count). The van der Waals surface area contributed by atoms with Crippen LogP contribution in [0, 0.1) is 0 Å². The fourth-order valence-corrected chi connectivity index (χ4v) is 4.92. The first-order valence-corrected chi connectivity index (χ1v) is 12.2. The van der Waals surface area contributed by atoms with Crippen molar-refractivity contribution in [1.29, 1.82) is 0 Å². The molecule has 182 valence electrons. The normalized spacial score (nSPS) is 18.4.